The number of hydrogen-bond acceptors (Lipinski definition) is 3. The van der Waals surface area contributed by atoms with Crippen LogP contribution >= 0.6 is 0 Å². The summed E-state index contributed by atoms with van der Waals surface area (Å²) in [5, 5.41) is 6.87. The first-order valence-corrected chi connectivity index (χ1v) is 6.51. The molecule has 6 nitrogen and oxygen atoms in total. The third-order valence-corrected chi connectivity index (χ3v) is 3.38. The lowest BCUT2D eigenvalue weighted by Crippen LogP contribution is -2.17. The maximum absolute atomic E-state index is 12.5. The van der Waals surface area contributed by atoms with Gasteiger partial charge < -0.3 is 0 Å². The first-order chi connectivity index (χ1) is 10.1. The maximum atomic E-state index is 12.5. The Kier molecular flexibility index (Phi) is 3.06. The zero-order valence-corrected chi connectivity index (χ0v) is 11.7. The van der Waals surface area contributed by atoms with Crippen LogP contribution in [0.4, 0.5) is 0 Å². The summed E-state index contributed by atoms with van der Waals surface area (Å²) in [6.45, 7) is 3.52. The molecule has 0 bridgehead atoms. The molecule has 3 rings (SSSR count). The van der Waals surface area contributed by atoms with Gasteiger partial charge in [0, 0.05) is 5.69 Å². The molecule has 0 atom stereocenters. The standard InChI is InChI=1S/C15H14N4O2/c1-9-12(14(20)17-16-9)8-13-10(2)18-19(15(13)21)11-6-4-3-5-7-11/h3-8,18H,1-2H3,(H,17,20). The van der Waals surface area contributed by atoms with E-state index in [1.54, 1.807) is 19.9 Å². The lowest BCUT2D eigenvalue weighted by molar-refractivity contribution is -0.116. The van der Waals surface area contributed by atoms with E-state index in [1.807, 2.05) is 30.3 Å². The van der Waals surface area contributed by atoms with Gasteiger partial charge in [-0.15, -0.1) is 0 Å². The molecule has 0 unspecified atom stereocenters. The Morgan fingerprint density at radius 2 is 1.86 bits per heavy atom. The quantitative estimate of drug-likeness (QED) is 0.816. The molecule has 0 spiro atoms. The van der Waals surface area contributed by atoms with Gasteiger partial charge in [-0.05, 0) is 32.1 Å². The molecule has 1 aromatic heterocycles. The predicted octanol–water partition coefficient (Wildman–Crippen LogP) is 1.36. The second-order valence-corrected chi connectivity index (χ2v) is 4.82. The van der Waals surface area contributed by atoms with Gasteiger partial charge in [0.2, 0.25) is 0 Å². The molecule has 1 aliphatic heterocycles. The minimum Gasteiger partial charge on any atom is -0.295 e. The fourth-order valence-corrected chi connectivity index (χ4v) is 2.22. The minimum absolute atomic E-state index is 0.196. The summed E-state index contributed by atoms with van der Waals surface area (Å²) in [6.07, 6.45) is 1.58. The van der Waals surface area contributed by atoms with Crippen LogP contribution in [0.25, 0.3) is 11.8 Å². The number of aryl methyl sites for hydroxylation is 1. The third-order valence-electron chi connectivity index (χ3n) is 3.38. The summed E-state index contributed by atoms with van der Waals surface area (Å²) < 4.78 is 1.46. The number of nitrogens with zero attached hydrogens (tertiary/aromatic N) is 2. The zero-order chi connectivity index (χ0) is 15.0. The van der Waals surface area contributed by atoms with Gasteiger partial charge in [0.1, 0.15) is 0 Å². The van der Waals surface area contributed by atoms with Crippen LogP contribution in [0.1, 0.15) is 18.2 Å². The second kappa shape index (κ2) is 4.90. The molecule has 1 aliphatic rings. The number of amides is 1. The summed E-state index contributed by atoms with van der Waals surface area (Å²) in [7, 11) is 0. The predicted molar refractivity (Wildman–Crippen MR) is 80.4 cm³/mol. The number of carbonyl (C=O) groups is 1. The van der Waals surface area contributed by atoms with Gasteiger partial charge in [-0.3, -0.25) is 14.7 Å². The summed E-state index contributed by atoms with van der Waals surface area (Å²) in [4.78, 5) is 24.2. The molecule has 6 heteroatoms. The number of rotatable bonds is 2. The maximum Gasteiger partial charge on any atom is 0.278 e. The normalized spacial score (nSPS) is 16.2. The molecule has 2 N–H and O–H groups in total. The van der Waals surface area contributed by atoms with Crippen LogP contribution in [0.5, 0.6) is 0 Å². The number of aromatic nitrogens is 2. The van der Waals surface area contributed by atoms with Gasteiger partial charge in [0.25, 0.3) is 11.5 Å². The lowest BCUT2D eigenvalue weighted by atomic mass is 10.1. The van der Waals surface area contributed by atoms with Gasteiger partial charge in [-0.25, -0.2) is 10.1 Å². The average Bonchev–Trinajstić information content (AvgIpc) is 2.95. The van der Waals surface area contributed by atoms with Crippen LogP contribution in [0.2, 0.25) is 0 Å². The molecular weight excluding hydrogens is 268 g/mol. The van der Waals surface area contributed by atoms with E-state index in [2.05, 4.69) is 15.6 Å². The highest BCUT2D eigenvalue weighted by molar-refractivity contribution is 6.26. The molecule has 1 amide bonds. The molecular formula is C15H14N4O2. The number of aromatic amines is 1. The van der Waals surface area contributed by atoms with Crippen LogP contribution in [0.15, 0.2) is 45.8 Å². The monoisotopic (exact) mass is 282 g/mol. The highest BCUT2D eigenvalue weighted by Gasteiger charge is 2.20. The van der Waals surface area contributed by atoms with Gasteiger partial charge in [0.05, 0.1) is 22.5 Å². The smallest absolute Gasteiger partial charge is 0.278 e. The van der Waals surface area contributed by atoms with Crippen LogP contribution in [-0.2, 0) is 4.79 Å². The van der Waals surface area contributed by atoms with E-state index < -0.39 is 0 Å². The number of para-hydroxylation sites is 1. The number of hydrogen-bond donors (Lipinski definition) is 2. The number of H-pyrrole nitrogens is 1. The summed E-state index contributed by atoms with van der Waals surface area (Å²) in [5.74, 6) is -0.293. The Morgan fingerprint density at radius 3 is 2.48 bits per heavy atom. The van der Waals surface area contributed by atoms with Crippen molar-refractivity contribution < 1.29 is 4.79 Å². The topological polar surface area (TPSA) is 79.2 Å². The van der Waals surface area contributed by atoms with Crippen LogP contribution < -0.4 is 11.0 Å². The van der Waals surface area contributed by atoms with Crippen molar-refractivity contribution in [2.45, 2.75) is 13.8 Å². The van der Waals surface area contributed by atoms with E-state index in [4.69, 9.17) is 0 Å². The van der Waals surface area contributed by atoms with E-state index in [9.17, 15) is 9.59 Å². The van der Waals surface area contributed by atoms with Gasteiger partial charge >= 0.3 is 0 Å². The van der Waals surface area contributed by atoms with E-state index in [1.165, 1.54) is 4.68 Å². The van der Waals surface area contributed by atoms with E-state index >= 15 is 0 Å². The Morgan fingerprint density at radius 1 is 1.14 bits per heavy atom. The Bertz CT molecular complexity index is 825. The van der Waals surface area contributed by atoms with Crippen molar-refractivity contribution in [1.82, 2.24) is 15.2 Å². The third kappa shape index (κ3) is 2.20. The van der Waals surface area contributed by atoms with Crippen molar-refractivity contribution in [1.29, 1.82) is 0 Å². The Hall–Kier alpha value is -2.89. The van der Waals surface area contributed by atoms with Crippen molar-refractivity contribution >= 4 is 17.7 Å². The van der Waals surface area contributed by atoms with Gasteiger partial charge in [-0.1, -0.05) is 18.2 Å². The van der Waals surface area contributed by atoms with Crippen LogP contribution in [0.3, 0.4) is 0 Å². The van der Waals surface area contributed by atoms with E-state index in [-0.39, 0.29) is 11.5 Å². The number of nitrogens with one attached hydrogen (secondary N) is 2. The fraction of sp³-hybridized carbons (Fsp3) is 0.133. The SMILES string of the molecule is CC1=NNC(=O)C1=Cc1c(C)[nH]n(-c2ccccc2)c1=O. The molecule has 0 saturated carbocycles. The van der Waals surface area contributed by atoms with Crippen molar-refractivity contribution in [3.63, 3.8) is 0 Å². The Labute approximate surface area is 120 Å². The highest BCUT2D eigenvalue weighted by atomic mass is 16.2. The largest absolute Gasteiger partial charge is 0.295 e. The molecule has 0 aliphatic carbocycles. The molecule has 106 valence electrons. The van der Waals surface area contributed by atoms with Gasteiger partial charge in [-0.2, -0.15) is 5.10 Å². The molecule has 21 heavy (non-hydrogen) atoms. The lowest BCUT2D eigenvalue weighted by Gasteiger charge is -1.99. The fourth-order valence-electron chi connectivity index (χ4n) is 2.22. The van der Waals surface area contributed by atoms with Crippen molar-refractivity contribution in [3.05, 3.63) is 57.5 Å². The first-order valence-electron chi connectivity index (χ1n) is 6.51. The van der Waals surface area contributed by atoms with Crippen molar-refractivity contribution in [2.24, 2.45) is 5.10 Å². The molecule has 0 fully saturated rings. The number of hydrazone groups is 1. The molecule has 1 aromatic carbocycles. The number of benzene rings is 1. The summed E-state index contributed by atoms with van der Waals surface area (Å²) >= 11 is 0. The van der Waals surface area contributed by atoms with Crippen molar-refractivity contribution in [2.75, 3.05) is 0 Å². The second-order valence-electron chi connectivity index (χ2n) is 4.82. The first kappa shape index (κ1) is 13.1. The average molecular weight is 282 g/mol. The van der Waals surface area contributed by atoms with E-state index in [0.29, 0.717) is 22.5 Å². The number of carbonyl (C=O) groups excluding carboxylic acids is 1. The van der Waals surface area contributed by atoms with Crippen molar-refractivity contribution in [3.8, 4) is 5.69 Å². The van der Waals surface area contributed by atoms with Crippen LogP contribution in [0, 0.1) is 6.92 Å². The highest BCUT2D eigenvalue weighted by Crippen LogP contribution is 2.13. The van der Waals surface area contributed by atoms with Gasteiger partial charge in [0.15, 0.2) is 0 Å². The summed E-state index contributed by atoms with van der Waals surface area (Å²) in [6, 6.07) is 9.27. The Balaban J connectivity index is 2.12. The molecule has 0 saturated heterocycles. The molecule has 0 radical (unpaired) electrons. The van der Waals surface area contributed by atoms with E-state index in [0.717, 1.165) is 5.69 Å². The molecule has 2 aromatic rings. The molecule has 2 heterocycles. The summed E-state index contributed by atoms with van der Waals surface area (Å²) in [5.41, 5.74) is 5.07. The van der Waals surface area contributed by atoms with Crippen LogP contribution in [-0.4, -0.2) is 21.4 Å². The minimum atomic E-state index is -0.293. The zero-order valence-electron chi connectivity index (χ0n) is 11.7.